The molecule has 0 atom stereocenters. The van der Waals surface area contributed by atoms with Gasteiger partial charge in [-0.3, -0.25) is 14.0 Å². The van der Waals surface area contributed by atoms with Gasteiger partial charge in [0.1, 0.15) is 0 Å². The number of hydrogen-bond donors (Lipinski definition) is 1. The van der Waals surface area contributed by atoms with Gasteiger partial charge in [0.2, 0.25) is 6.79 Å². The Morgan fingerprint density at radius 1 is 1.32 bits per heavy atom. The van der Waals surface area contributed by atoms with Crippen molar-refractivity contribution in [3.8, 4) is 11.5 Å². The van der Waals surface area contributed by atoms with Crippen LogP contribution in [0, 0.1) is 0 Å². The molecule has 0 radical (unpaired) electrons. The van der Waals surface area contributed by atoms with E-state index in [1.165, 1.54) is 11.3 Å². The average molecular weight is 359 g/mol. The molecule has 25 heavy (non-hydrogen) atoms. The third-order valence-corrected chi connectivity index (χ3v) is 4.26. The van der Waals surface area contributed by atoms with E-state index in [2.05, 4.69) is 10.3 Å². The molecule has 1 aliphatic rings. The summed E-state index contributed by atoms with van der Waals surface area (Å²) in [5.41, 5.74) is 1.15. The number of anilines is 1. The summed E-state index contributed by atoms with van der Waals surface area (Å²) in [4.78, 5) is 28.8. The first-order valence-corrected chi connectivity index (χ1v) is 8.31. The lowest BCUT2D eigenvalue weighted by atomic mass is 10.3. The predicted molar refractivity (Wildman–Crippen MR) is 88.9 cm³/mol. The van der Waals surface area contributed by atoms with Gasteiger partial charge in [-0.1, -0.05) is 0 Å². The molecule has 1 amide bonds. The van der Waals surface area contributed by atoms with Crippen molar-refractivity contribution >= 4 is 33.9 Å². The lowest BCUT2D eigenvalue weighted by Gasteiger charge is -2.07. The third-order valence-electron chi connectivity index (χ3n) is 3.49. The number of carbonyl (C=O) groups is 2. The molecule has 0 aliphatic carbocycles. The number of carbonyl (C=O) groups excluding carboxylic acids is 2. The Kier molecular flexibility index (Phi) is 3.98. The number of benzene rings is 1. The van der Waals surface area contributed by atoms with Crippen LogP contribution in [0.2, 0.25) is 0 Å². The lowest BCUT2D eigenvalue weighted by Crippen LogP contribution is -2.21. The van der Waals surface area contributed by atoms with E-state index in [-0.39, 0.29) is 19.8 Å². The Labute approximate surface area is 145 Å². The third kappa shape index (κ3) is 3.41. The second kappa shape index (κ2) is 6.44. The number of thiazole rings is 1. The van der Waals surface area contributed by atoms with Gasteiger partial charge < -0.3 is 19.5 Å². The molecule has 0 saturated carbocycles. The van der Waals surface area contributed by atoms with Crippen LogP contribution >= 0.6 is 11.3 Å². The molecule has 4 rings (SSSR count). The molecule has 128 valence electrons. The highest BCUT2D eigenvalue weighted by atomic mass is 32.1. The molecule has 2 aromatic heterocycles. The fourth-order valence-corrected chi connectivity index (χ4v) is 3.10. The normalized spacial score (nSPS) is 12.3. The Morgan fingerprint density at radius 2 is 2.20 bits per heavy atom. The molecule has 1 aromatic carbocycles. The van der Waals surface area contributed by atoms with Crippen LogP contribution in [0.25, 0.3) is 4.96 Å². The number of fused-ring (bicyclic) bond motifs is 2. The Hall–Kier alpha value is -3.07. The van der Waals surface area contributed by atoms with Gasteiger partial charge in [0.05, 0.1) is 12.1 Å². The van der Waals surface area contributed by atoms with Crippen molar-refractivity contribution in [2.24, 2.45) is 0 Å². The van der Waals surface area contributed by atoms with Crippen LogP contribution in [0.4, 0.5) is 5.69 Å². The summed E-state index contributed by atoms with van der Waals surface area (Å²) in [7, 11) is 0. The summed E-state index contributed by atoms with van der Waals surface area (Å²) in [6.45, 7) is -0.203. The average Bonchev–Trinajstić information content (AvgIpc) is 3.28. The molecule has 3 heterocycles. The minimum Gasteiger partial charge on any atom is -0.455 e. The molecule has 1 aliphatic heterocycles. The van der Waals surface area contributed by atoms with Crippen LogP contribution in [0.1, 0.15) is 5.69 Å². The molecule has 0 saturated heterocycles. The second-order valence-electron chi connectivity index (χ2n) is 5.28. The van der Waals surface area contributed by atoms with Crippen molar-refractivity contribution in [3.05, 3.63) is 41.7 Å². The largest absolute Gasteiger partial charge is 0.455 e. The van der Waals surface area contributed by atoms with Gasteiger partial charge in [-0.15, -0.1) is 11.3 Å². The summed E-state index contributed by atoms with van der Waals surface area (Å²) >= 11 is 1.48. The number of nitrogens with zero attached hydrogens (tertiary/aromatic N) is 2. The quantitative estimate of drug-likeness (QED) is 0.699. The molecular weight excluding hydrogens is 346 g/mol. The van der Waals surface area contributed by atoms with Crippen molar-refractivity contribution in [3.63, 3.8) is 0 Å². The van der Waals surface area contributed by atoms with Crippen LogP contribution in [0.3, 0.4) is 0 Å². The topological polar surface area (TPSA) is 91.2 Å². The number of esters is 1. The van der Waals surface area contributed by atoms with Gasteiger partial charge >= 0.3 is 5.97 Å². The van der Waals surface area contributed by atoms with E-state index in [0.29, 0.717) is 22.9 Å². The maximum Gasteiger partial charge on any atom is 0.312 e. The highest BCUT2D eigenvalue weighted by molar-refractivity contribution is 7.15. The Balaban J connectivity index is 1.28. The lowest BCUT2D eigenvalue weighted by molar-refractivity contribution is -0.146. The standard InChI is InChI=1S/C16H13N3O5S/c20-14(17-10-1-2-12-13(5-10)24-9-23-12)8-22-15(21)6-11-7-19-3-4-25-16(19)18-11/h1-5,7H,6,8-9H2,(H,17,20). The highest BCUT2D eigenvalue weighted by Gasteiger charge is 2.15. The zero-order valence-corrected chi connectivity index (χ0v) is 13.7. The van der Waals surface area contributed by atoms with Crippen LogP contribution < -0.4 is 14.8 Å². The Bertz CT molecular complexity index is 920. The van der Waals surface area contributed by atoms with Crippen molar-refractivity contribution in [2.75, 3.05) is 18.7 Å². The first kappa shape index (κ1) is 15.5. The number of ether oxygens (including phenoxy) is 3. The molecular formula is C16H13N3O5S. The number of amides is 1. The smallest absolute Gasteiger partial charge is 0.312 e. The van der Waals surface area contributed by atoms with E-state index in [0.717, 1.165) is 4.96 Å². The number of imidazole rings is 1. The Morgan fingerprint density at radius 3 is 3.08 bits per heavy atom. The zero-order chi connectivity index (χ0) is 17.2. The predicted octanol–water partition coefficient (Wildman–Crippen LogP) is 1.85. The van der Waals surface area contributed by atoms with Gasteiger partial charge in [-0.2, -0.15) is 0 Å². The molecule has 0 unspecified atom stereocenters. The number of hydrogen-bond acceptors (Lipinski definition) is 7. The van der Waals surface area contributed by atoms with Crippen molar-refractivity contribution in [2.45, 2.75) is 6.42 Å². The molecule has 9 heteroatoms. The van der Waals surface area contributed by atoms with E-state index >= 15 is 0 Å². The fraction of sp³-hybridized carbons (Fsp3) is 0.188. The number of aromatic nitrogens is 2. The first-order chi connectivity index (χ1) is 12.2. The van der Waals surface area contributed by atoms with Gasteiger partial charge in [0.25, 0.3) is 5.91 Å². The maximum absolute atomic E-state index is 11.9. The number of rotatable bonds is 5. The summed E-state index contributed by atoms with van der Waals surface area (Å²) in [6.07, 6.45) is 3.64. The van der Waals surface area contributed by atoms with Crippen LogP contribution in [-0.4, -0.2) is 34.7 Å². The fourth-order valence-electron chi connectivity index (χ4n) is 2.38. The van der Waals surface area contributed by atoms with Gasteiger partial charge in [-0.05, 0) is 12.1 Å². The van der Waals surface area contributed by atoms with Gasteiger partial charge in [0.15, 0.2) is 23.1 Å². The second-order valence-corrected chi connectivity index (χ2v) is 6.15. The number of nitrogens with one attached hydrogen (secondary N) is 1. The zero-order valence-electron chi connectivity index (χ0n) is 12.9. The van der Waals surface area contributed by atoms with Crippen LogP contribution in [0.5, 0.6) is 11.5 Å². The van der Waals surface area contributed by atoms with Crippen molar-refractivity contribution in [1.29, 1.82) is 0 Å². The van der Waals surface area contributed by atoms with Crippen molar-refractivity contribution < 1.29 is 23.8 Å². The van der Waals surface area contributed by atoms with E-state index < -0.39 is 11.9 Å². The van der Waals surface area contributed by atoms with E-state index in [1.807, 2.05) is 16.0 Å². The van der Waals surface area contributed by atoms with E-state index in [9.17, 15) is 9.59 Å². The molecule has 8 nitrogen and oxygen atoms in total. The minimum atomic E-state index is -0.508. The summed E-state index contributed by atoms with van der Waals surface area (Å²) < 4.78 is 17.3. The molecule has 0 bridgehead atoms. The van der Waals surface area contributed by atoms with Crippen molar-refractivity contribution in [1.82, 2.24) is 9.38 Å². The van der Waals surface area contributed by atoms with Crippen LogP contribution in [-0.2, 0) is 20.7 Å². The molecule has 0 spiro atoms. The molecule has 1 N–H and O–H groups in total. The van der Waals surface area contributed by atoms with E-state index in [4.69, 9.17) is 14.2 Å². The maximum atomic E-state index is 11.9. The van der Waals surface area contributed by atoms with Crippen LogP contribution in [0.15, 0.2) is 36.0 Å². The molecule has 0 fully saturated rings. The summed E-state index contributed by atoms with van der Waals surface area (Å²) in [5, 5.41) is 4.55. The summed E-state index contributed by atoms with van der Waals surface area (Å²) in [5.74, 6) is 0.253. The monoisotopic (exact) mass is 359 g/mol. The summed E-state index contributed by atoms with van der Waals surface area (Å²) in [6, 6.07) is 5.04. The van der Waals surface area contributed by atoms with E-state index in [1.54, 1.807) is 24.4 Å². The first-order valence-electron chi connectivity index (χ1n) is 7.43. The SMILES string of the molecule is O=C(COC(=O)Cc1cn2ccsc2n1)Nc1ccc2c(c1)OCO2. The highest BCUT2D eigenvalue weighted by Crippen LogP contribution is 2.34. The van der Waals surface area contributed by atoms with Gasteiger partial charge in [-0.25, -0.2) is 4.98 Å². The molecule has 3 aromatic rings. The van der Waals surface area contributed by atoms with Gasteiger partial charge in [0, 0.05) is 29.5 Å². The minimum absolute atomic E-state index is 0.0195.